The fourth-order valence-electron chi connectivity index (χ4n) is 2.01. The summed E-state index contributed by atoms with van der Waals surface area (Å²) >= 11 is 1.68. The highest BCUT2D eigenvalue weighted by Crippen LogP contribution is 2.22. The van der Waals surface area contributed by atoms with Crippen LogP contribution in [0.2, 0.25) is 0 Å². The molecule has 0 aliphatic rings. The van der Waals surface area contributed by atoms with E-state index in [-0.39, 0.29) is 6.04 Å². The maximum atomic E-state index is 6.27. The summed E-state index contributed by atoms with van der Waals surface area (Å²) in [6, 6.07) is 6.35. The fraction of sp³-hybridized carbons (Fsp3) is 0.357. The average molecular weight is 246 g/mol. The largest absolute Gasteiger partial charge is 0.324 e. The van der Waals surface area contributed by atoms with Crippen LogP contribution in [0.25, 0.3) is 0 Å². The van der Waals surface area contributed by atoms with Crippen molar-refractivity contribution in [2.75, 3.05) is 0 Å². The van der Waals surface area contributed by atoms with E-state index < -0.39 is 0 Å². The first-order chi connectivity index (χ1) is 8.08. The molecule has 2 aromatic rings. The predicted octanol–water partition coefficient (Wildman–Crippen LogP) is 3.31. The summed E-state index contributed by atoms with van der Waals surface area (Å²) in [6.45, 7) is 6.28. The van der Waals surface area contributed by atoms with Crippen molar-refractivity contribution < 1.29 is 0 Å². The van der Waals surface area contributed by atoms with Gasteiger partial charge in [-0.3, -0.25) is 0 Å². The number of thiazole rings is 1. The van der Waals surface area contributed by atoms with Crippen molar-refractivity contribution in [2.45, 2.75) is 33.2 Å². The highest BCUT2D eigenvalue weighted by atomic mass is 32.1. The Bertz CT molecular complexity index is 517. The molecule has 0 radical (unpaired) electrons. The van der Waals surface area contributed by atoms with Gasteiger partial charge < -0.3 is 5.73 Å². The second-order valence-electron chi connectivity index (χ2n) is 4.46. The molecule has 1 aromatic heterocycles. The molecule has 2 rings (SSSR count). The molecule has 0 aliphatic carbocycles. The number of rotatable bonds is 3. The van der Waals surface area contributed by atoms with Gasteiger partial charge in [-0.25, -0.2) is 4.98 Å². The summed E-state index contributed by atoms with van der Waals surface area (Å²) in [4.78, 5) is 4.47. The molecule has 0 fully saturated rings. The molecule has 17 heavy (non-hydrogen) atoms. The second kappa shape index (κ2) is 4.98. The molecule has 1 unspecified atom stereocenters. The zero-order chi connectivity index (χ0) is 12.4. The standard InChI is InChI=1S/C14H18N2S/c1-9-5-4-6-13(10(9)2)14(15)7-12-8-17-11(3)16-12/h4-6,8,14H,7,15H2,1-3H3. The van der Waals surface area contributed by atoms with Gasteiger partial charge in [-0.05, 0) is 37.5 Å². The van der Waals surface area contributed by atoms with Crippen molar-refractivity contribution >= 4 is 11.3 Å². The van der Waals surface area contributed by atoms with E-state index in [2.05, 4.69) is 42.4 Å². The van der Waals surface area contributed by atoms with E-state index in [1.54, 1.807) is 11.3 Å². The van der Waals surface area contributed by atoms with Crippen LogP contribution in [-0.4, -0.2) is 4.98 Å². The van der Waals surface area contributed by atoms with Crippen LogP contribution in [0.4, 0.5) is 0 Å². The third-order valence-electron chi connectivity index (χ3n) is 3.14. The van der Waals surface area contributed by atoms with Crippen LogP contribution in [0, 0.1) is 20.8 Å². The van der Waals surface area contributed by atoms with Crippen molar-refractivity contribution in [3.05, 3.63) is 51.0 Å². The lowest BCUT2D eigenvalue weighted by Gasteiger charge is -2.15. The Labute approximate surface area is 107 Å². The first kappa shape index (κ1) is 12.3. The van der Waals surface area contributed by atoms with E-state index in [4.69, 9.17) is 5.73 Å². The van der Waals surface area contributed by atoms with Gasteiger partial charge >= 0.3 is 0 Å². The average Bonchev–Trinajstić information content (AvgIpc) is 2.68. The summed E-state index contributed by atoms with van der Waals surface area (Å²) in [7, 11) is 0. The minimum atomic E-state index is 0.0383. The Morgan fingerprint density at radius 2 is 2.06 bits per heavy atom. The molecule has 90 valence electrons. The molecular weight excluding hydrogens is 228 g/mol. The lowest BCUT2D eigenvalue weighted by molar-refractivity contribution is 0.703. The van der Waals surface area contributed by atoms with Crippen LogP contribution in [0.5, 0.6) is 0 Å². The number of benzene rings is 1. The van der Waals surface area contributed by atoms with Crippen LogP contribution in [-0.2, 0) is 6.42 Å². The summed E-state index contributed by atoms with van der Waals surface area (Å²) < 4.78 is 0. The first-order valence-electron chi connectivity index (χ1n) is 5.80. The van der Waals surface area contributed by atoms with E-state index in [1.165, 1.54) is 16.7 Å². The highest BCUT2D eigenvalue weighted by Gasteiger charge is 2.12. The van der Waals surface area contributed by atoms with Gasteiger partial charge in [-0.15, -0.1) is 11.3 Å². The maximum Gasteiger partial charge on any atom is 0.0897 e. The van der Waals surface area contributed by atoms with Gasteiger partial charge in [-0.2, -0.15) is 0 Å². The van der Waals surface area contributed by atoms with Crippen molar-refractivity contribution in [3.63, 3.8) is 0 Å². The first-order valence-corrected chi connectivity index (χ1v) is 6.68. The van der Waals surface area contributed by atoms with Gasteiger partial charge in [0.25, 0.3) is 0 Å². The molecule has 0 saturated heterocycles. The number of hydrogen-bond acceptors (Lipinski definition) is 3. The molecule has 0 spiro atoms. The molecule has 2 N–H and O–H groups in total. The van der Waals surface area contributed by atoms with E-state index in [0.29, 0.717) is 0 Å². The minimum Gasteiger partial charge on any atom is -0.324 e. The Kier molecular flexibility index (Phi) is 3.60. The number of hydrogen-bond donors (Lipinski definition) is 1. The summed E-state index contributed by atoms with van der Waals surface area (Å²) in [6.07, 6.45) is 0.814. The minimum absolute atomic E-state index is 0.0383. The summed E-state index contributed by atoms with van der Waals surface area (Å²) in [5.41, 5.74) is 11.2. The van der Waals surface area contributed by atoms with Crippen molar-refractivity contribution in [1.29, 1.82) is 0 Å². The quantitative estimate of drug-likeness (QED) is 0.902. The van der Waals surface area contributed by atoms with Gasteiger partial charge in [-0.1, -0.05) is 18.2 Å². The highest BCUT2D eigenvalue weighted by molar-refractivity contribution is 7.09. The second-order valence-corrected chi connectivity index (χ2v) is 5.52. The summed E-state index contributed by atoms with van der Waals surface area (Å²) in [5.74, 6) is 0. The SMILES string of the molecule is Cc1nc(CC(N)c2cccc(C)c2C)cs1. The molecule has 1 heterocycles. The van der Waals surface area contributed by atoms with Crippen molar-refractivity contribution in [2.24, 2.45) is 5.73 Å². The molecule has 0 bridgehead atoms. The smallest absolute Gasteiger partial charge is 0.0897 e. The Balaban J connectivity index is 2.20. The predicted molar refractivity (Wildman–Crippen MR) is 73.4 cm³/mol. The van der Waals surface area contributed by atoms with Gasteiger partial charge in [0.2, 0.25) is 0 Å². The van der Waals surface area contributed by atoms with Gasteiger partial charge in [0.05, 0.1) is 10.7 Å². The number of aryl methyl sites for hydroxylation is 2. The third-order valence-corrected chi connectivity index (χ3v) is 3.96. The summed E-state index contributed by atoms with van der Waals surface area (Å²) in [5, 5.41) is 3.20. The number of aromatic nitrogens is 1. The lowest BCUT2D eigenvalue weighted by atomic mass is 9.95. The molecule has 2 nitrogen and oxygen atoms in total. The zero-order valence-electron chi connectivity index (χ0n) is 10.5. The van der Waals surface area contributed by atoms with Crippen molar-refractivity contribution in [3.8, 4) is 0 Å². The lowest BCUT2D eigenvalue weighted by Crippen LogP contribution is -2.15. The normalized spacial score (nSPS) is 12.7. The maximum absolute atomic E-state index is 6.27. The Morgan fingerprint density at radius 3 is 2.71 bits per heavy atom. The number of nitrogens with two attached hydrogens (primary N) is 1. The van der Waals surface area contributed by atoms with Gasteiger partial charge in [0, 0.05) is 17.8 Å². The zero-order valence-corrected chi connectivity index (χ0v) is 11.3. The van der Waals surface area contributed by atoms with Crippen molar-refractivity contribution in [1.82, 2.24) is 4.98 Å². The van der Waals surface area contributed by atoms with E-state index >= 15 is 0 Å². The molecule has 3 heteroatoms. The van der Waals surface area contributed by atoms with E-state index in [9.17, 15) is 0 Å². The molecule has 0 aliphatic heterocycles. The molecular formula is C14H18N2S. The Morgan fingerprint density at radius 1 is 1.29 bits per heavy atom. The fourth-order valence-corrected chi connectivity index (χ4v) is 2.64. The van der Waals surface area contributed by atoms with Gasteiger partial charge in [0.1, 0.15) is 0 Å². The molecule has 0 saturated carbocycles. The monoisotopic (exact) mass is 246 g/mol. The van der Waals surface area contributed by atoms with Crippen LogP contribution in [0.15, 0.2) is 23.6 Å². The molecule has 1 aromatic carbocycles. The van der Waals surface area contributed by atoms with Crippen LogP contribution < -0.4 is 5.73 Å². The van der Waals surface area contributed by atoms with Gasteiger partial charge in [0.15, 0.2) is 0 Å². The van der Waals surface area contributed by atoms with Crippen LogP contribution in [0.1, 0.15) is 33.4 Å². The Hall–Kier alpha value is -1.19. The van der Waals surface area contributed by atoms with E-state index in [0.717, 1.165) is 17.1 Å². The number of nitrogens with zero attached hydrogens (tertiary/aromatic N) is 1. The van der Waals surface area contributed by atoms with E-state index in [1.807, 2.05) is 6.92 Å². The topological polar surface area (TPSA) is 38.9 Å². The third kappa shape index (κ3) is 2.73. The van der Waals surface area contributed by atoms with Crippen LogP contribution >= 0.6 is 11.3 Å². The molecule has 0 amide bonds. The van der Waals surface area contributed by atoms with Crippen LogP contribution in [0.3, 0.4) is 0 Å². The molecule has 1 atom stereocenters.